The Kier molecular flexibility index (Phi) is 4.32. The van der Waals surface area contributed by atoms with Crippen molar-refractivity contribution in [2.45, 2.75) is 18.5 Å². The minimum Gasteiger partial charge on any atom is -0.497 e. The van der Waals surface area contributed by atoms with Gasteiger partial charge in [0, 0.05) is 17.2 Å². The van der Waals surface area contributed by atoms with E-state index < -0.39 is 0 Å². The lowest BCUT2D eigenvalue weighted by Crippen LogP contribution is -1.96. The number of benzene rings is 2. The van der Waals surface area contributed by atoms with Gasteiger partial charge in [0.1, 0.15) is 5.75 Å². The Morgan fingerprint density at radius 2 is 1.88 bits per heavy atom. The zero-order valence-corrected chi connectivity index (χ0v) is 15.1. The Hall–Kier alpha value is -2.53. The number of rotatable bonds is 5. The molecule has 5 heteroatoms. The lowest BCUT2D eigenvalue weighted by Gasteiger charge is -2.09. The molecule has 4 aromatic rings. The van der Waals surface area contributed by atoms with Gasteiger partial charge in [-0.15, -0.1) is 10.2 Å². The highest BCUT2D eigenvalue weighted by Crippen LogP contribution is 2.28. The van der Waals surface area contributed by atoms with Gasteiger partial charge < -0.3 is 4.74 Å². The zero-order valence-electron chi connectivity index (χ0n) is 14.3. The summed E-state index contributed by atoms with van der Waals surface area (Å²) in [6.07, 6.45) is 1.01. The van der Waals surface area contributed by atoms with Crippen molar-refractivity contribution in [1.82, 2.24) is 14.6 Å². The van der Waals surface area contributed by atoms with E-state index in [9.17, 15) is 0 Å². The Labute approximate surface area is 150 Å². The van der Waals surface area contributed by atoms with E-state index in [-0.39, 0.29) is 0 Å². The molecule has 0 saturated carbocycles. The normalized spacial score (nSPS) is 11.3. The summed E-state index contributed by atoms with van der Waals surface area (Å²) in [4.78, 5) is 0. The number of thioether (sulfide) groups is 1. The van der Waals surface area contributed by atoms with Crippen LogP contribution in [-0.4, -0.2) is 27.5 Å². The number of methoxy groups -OCH3 is 1. The van der Waals surface area contributed by atoms with E-state index in [2.05, 4.69) is 64.0 Å². The highest BCUT2D eigenvalue weighted by atomic mass is 32.2. The smallest absolute Gasteiger partial charge is 0.196 e. The zero-order chi connectivity index (χ0) is 17.2. The standard InChI is InChI=1S/C20H19N3OS/c1-14-12-19-21-22-20(25-11-10-15-6-4-3-5-7-15)23(19)18-13-16(24-2)8-9-17(14)18/h3-9,12-13H,10-11H2,1-2H3. The van der Waals surface area contributed by atoms with E-state index in [1.54, 1.807) is 18.9 Å². The van der Waals surface area contributed by atoms with Crippen LogP contribution in [0.15, 0.2) is 59.8 Å². The molecule has 0 aliphatic rings. The number of aryl methyl sites for hydroxylation is 2. The van der Waals surface area contributed by atoms with Gasteiger partial charge in [-0.05, 0) is 42.7 Å². The molecular weight excluding hydrogens is 330 g/mol. The van der Waals surface area contributed by atoms with E-state index in [0.29, 0.717) is 0 Å². The molecule has 0 N–H and O–H groups in total. The van der Waals surface area contributed by atoms with Crippen molar-refractivity contribution < 1.29 is 4.74 Å². The molecule has 4 rings (SSSR count). The minimum absolute atomic E-state index is 0.841. The van der Waals surface area contributed by atoms with Gasteiger partial charge >= 0.3 is 0 Å². The first-order valence-electron chi connectivity index (χ1n) is 8.25. The third-order valence-electron chi connectivity index (χ3n) is 4.34. The first-order valence-corrected chi connectivity index (χ1v) is 9.24. The van der Waals surface area contributed by atoms with Gasteiger partial charge in [-0.25, -0.2) is 0 Å². The predicted molar refractivity (Wildman–Crippen MR) is 103 cm³/mol. The van der Waals surface area contributed by atoms with Crippen LogP contribution >= 0.6 is 11.8 Å². The summed E-state index contributed by atoms with van der Waals surface area (Å²) < 4.78 is 7.53. The van der Waals surface area contributed by atoms with Gasteiger partial charge in [0.05, 0.1) is 12.6 Å². The van der Waals surface area contributed by atoms with Crippen LogP contribution in [0.5, 0.6) is 5.75 Å². The van der Waals surface area contributed by atoms with Crippen LogP contribution in [-0.2, 0) is 6.42 Å². The summed E-state index contributed by atoms with van der Waals surface area (Å²) in [7, 11) is 1.69. The van der Waals surface area contributed by atoms with Crippen LogP contribution in [0.25, 0.3) is 16.6 Å². The van der Waals surface area contributed by atoms with Crippen LogP contribution in [0.4, 0.5) is 0 Å². The maximum absolute atomic E-state index is 5.41. The van der Waals surface area contributed by atoms with Crippen molar-refractivity contribution >= 4 is 28.3 Å². The minimum atomic E-state index is 0.841. The van der Waals surface area contributed by atoms with E-state index in [1.807, 2.05) is 12.1 Å². The summed E-state index contributed by atoms with van der Waals surface area (Å²) >= 11 is 1.73. The number of aromatic nitrogens is 3. The highest BCUT2D eigenvalue weighted by molar-refractivity contribution is 7.99. The molecule has 2 aromatic carbocycles. The molecule has 0 unspecified atom stereocenters. The number of nitrogens with zero attached hydrogens (tertiary/aromatic N) is 3. The Morgan fingerprint density at radius 1 is 1.04 bits per heavy atom. The molecule has 0 atom stereocenters. The summed E-state index contributed by atoms with van der Waals surface area (Å²) in [5.41, 5.74) is 4.49. The molecule has 0 saturated heterocycles. The second kappa shape index (κ2) is 6.76. The van der Waals surface area contributed by atoms with Crippen molar-refractivity contribution in [3.63, 3.8) is 0 Å². The molecule has 2 heterocycles. The van der Waals surface area contributed by atoms with Crippen molar-refractivity contribution in [2.75, 3.05) is 12.9 Å². The van der Waals surface area contributed by atoms with Gasteiger partial charge in [0.15, 0.2) is 10.8 Å². The highest BCUT2D eigenvalue weighted by Gasteiger charge is 2.12. The molecule has 0 fully saturated rings. The van der Waals surface area contributed by atoms with Crippen LogP contribution in [0.3, 0.4) is 0 Å². The average molecular weight is 349 g/mol. The quantitative estimate of drug-likeness (QED) is 0.496. The molecule has 0 aliphatic heterocycles. The number of hydrogen-bond acceptors (Lipinski definition) is 4. The molecule has 2 aromatic heterocycles. The summed E-state index contributed by atoms with van der Waals surface area (Å²) in [6, 6.07) is 18.8. The molecule has 0 bridgehead atoms. The summed E-state index contributed by atoms with van der Waals surface area (Å²) in [6.45, 7) is 2.10. The van der Waals surface area contributed by atoms with Gasteiger partial charge in [-0.3, -0.25) is 4.40 Å². The van der Waals surface area contributed by atoms with Crippen molar-refractivity contribution in [3.05, 3.63) is 65.7 Å². The molecular formula is C20H19N3OS. The van der Waals surface area contributed by atoms with Crippen molar-refractivity contribution in [2.24, 2.45) is 0 Å². The fraction of sp³-hybridized carbons (Fsp3) is 0.200. The Balaban J connectivity index is 1.70. The first kappa shape index (κ1) is 16.0. The van der Waals surface area contributed by atoms with Gasteiger partial charge in [-0.1, -0.05) is 42.1 Å². The van der Waals surface area contributed by atoms with E-state index >= 15 is 0 Å². The Morgan fingerprint density at radius 3 is 2.68 bits per heavy atom. The molecule has 0 radical (unpaired) electrons. The van der Waals surface area contributed by atoms with Crippen LogP contribution < -0.4 is 4.74 Å². The molecule has 25 heavy (non-hydrogen) atoms. The monoisotopic (exact) mass is 349 g/mol. The molecule has 0 aliphatic carbocycles. The molecule has 0 spiro atoms. The largest absolute Gasteiger partial charge is 0.497 e. The SMILES string of the molecule is COc1ccc2c(C)cc3nnc(SCCc4ccccc4)n3c2c1. The van der Waals surface area contributed by atoms with Gasteiger partial charge in [0.2, 0.25) is 0 Å². The second-order valence-corrected chi connectivity index (χ2v) is 7.03. The lowest BCUT2D eigenvalue weighted by molar-refractivity contribution is 0.415. The summed E-state index contributed by atoms with van der Waals surface area (Å²) in [5.74, 6) is 1.80. The number of ether oxygens (including phenoxy) is 1. The fourth-order valence-electron chi connectivity index (χ4n) is 3.03. The van der Waals surface area contributed by atoms with E-state index in [4.69, 9.17) is 4.74 Å². The Bertz CT molecular complexity index is 1030. The average Bonchev–Trinajstić information content (AvgIpc) is 3.05. The molecule has 4 nitrogen and oxygen atoms in total. The third-order valence-corrected chi connectivity index (χ3v) is 5.27. The maximum Gasteiger partial charge on any atom is 0.196 e. The van der Waals surface area contributed by atoms with E-state index in [1.165, 1.54) is 16.5 Å². The van der Waals surface area contributed by atoms with Crippen LogP contribution in [0, 0.1) is 6.92 Å². The van der Waals surface area contributed by atoms with Crippen LogP contribution in [0.2, 0.25) is 0 Å². The van der Waals surface area contributed by atoms with Gasteiger partial charge in [0.25, 0.3) is 0 Å². The molecule has 0 amide bonds. The summed E-state index contributed by atoms with van der Waals surface area (Å²) in [5, 5.41) is 10.9. The number of hydrogen-bond donors (Lipinski definition) is 0. The molecule has 126 valence electrons. The predicted octanol–water partition coefficient (Wildman–Crippen LogP) is 4.53. The lowest BCUT2D eigenvalue weighted by atomic mass is 10.1. The van der Waals surface area contributed by atoms with Gasteiger partial charge in [-0.2, -0.15) is 0 Å². The number of pyridine rings is 1. The number of fused-ring (bicyclic) bond motifs is 3. The van der Waals surface area contributed by atoms with E-state index in [0.717, 1.165) is 34.2 Å². The van der Waals surface area contributed by atoms with Crippen LogP contribution in [0.1, 0.15) is 11.1 Å². The maximum atomic E-state index is 5.41. The topological polar surface area (TPSA) is 39.4 Å². The fourth-order valence-corrected chi connectivity index (χ4v) is 3.97. The van der Waals surface area contributed by atoms with Crippen molar-refractivity contribution in [3.8, 4) is 5.75 Å². The first-order chi connectivity index (χ1) is 12.3. The second-order valence-electron chi connectivity index (χ2n) is 5.97. The van der Waals surface area contributed by atoms with Crippen molar-refractivity contribution in [1.29, 1.82) is 0 Å². The third kappa shape index (κ3) is 3.07.